The van der Waals surface area contributed by atoms with Gasteiger partial charge in [0.2, 0.25) is 5.91 Å². The smallest absolute Gasteiger partial charge is 0.324 e. The Morgan fingerprint density at radius 1 is 0.824 bits per heavy atom. The van der Waals surface area contributed by atoms with Gasteiger partial charge in [-0.25, -0.2) is 4.79 Å². The van der Waals surface area contributed by atoms with Crippen molar-refractivity contribution in [2.24, 2.45) is 0 Å². The van der Waals surface area contributed by atoms with Gasteiger partial charge in [0.05, 0.1) is 0 Å². The normalized spacial score (nSPS) is 15.6. The summed E-state index contributed by atoms with van der Waals surface area (Å²) in [7, 11) is 0. The SMILES string of the molecule is CCc1cccc(CC)c1NC(=O)CN1C(=O)C(c2ccccc2)N(Cc2ccccc2)C1=O. The van der Waals surface area contributed by atoms with Gasteiger partial charge in [-0.15, -0.1) is 0 Å². The minimum Gasteiger partial charge on any atom is -0.324 e. The second-order valence-corrected chi connectivity index (χ2v) is 8.34. The third-order valence-electron chi connectivity index (χ3n) is 6.16. The summed E-state index contributed by atoms with van der Waals surface area (Å²) in [5.74, 6) is -0.771. The standard InChI is InChI=1S/C28H29N3O3/c1-3-21-16-11-17-22(4-2)25(21)29-24(32)19-31-27(33)26(23-14-9-6-10-15-23)30(28(31)34)18-20-12-7-5-8-13-20/h5-17,26H,3-4,18-19H2,1-2H3,(H,29,32). The Labute approximate surface area is 200 Å². The molecule has 1 fully saturated rings. The summed E-state index contributed by atoms with van der Waals surface area (Å²) in [6, 6.07) is 23.5. The number of benzene rings is 3. The molecule has 6 nitrogen and oxygen atoms in total. The van der Waals surface area contributed by atoms with Crippen molar-refractivity contribution >= 4 is 23.5 Å². The zero-order chi connectivity index (χ0) is 24.1. The van der Waals surface area contributed by atoms with Crippen molar-refractivity contribution in [3.63, 3.8) is 0 Å². The van der Waals surface area contributed by atoms with Crippen molar-refractivity contribution in [3.8, 4) is 0 Å². The van der Waals surface area contributed by atoms with E-state index in [0.29, 0.717) is 0 Å². The first-order valence-electron chi connectivity index (χ1n) is 11.6. The van der Waals surface area contributed by atoms with Crippen LogP contribution in [-0.2, 0) is 29.0 Å². The van der Waals surface area contributed by atoms with Crippen LogP contribution in [0.5, 0.6) is 0 Å². The van der Waals surface area contributed by atoms with Crippen LogP contribution in [-0.4, -0.2) is 34.2 Å². The third-order valence-corrected chi connectivity index (χ3v) is 6.16. The number of imide groups is 1. The molecule has 0 radical (unpaired) electrons. The van der Waals surface area contributed by atoms with Gasteiger partial charge in [-0.1, -0.05) is 92.7 Å². The number of nitrogens with one attached hydrogen (secondary N) is 1. The van der Waals surface area contributed by atoms with E-state index in [1.165, 1.54) is 4.90 Å². The summed E-state index contributed by atoms with van der Waals surface area (Å²) in [6.07, 6.45) is 1.54. The number of aryl methyl sites for hydroxylation is 2. The quantitative estimate of drug-likeness (QED) is 0.488. The van der Waals surface area contributed by atoms with Crippen molar-refractivity contribution in [3.05, 3.63) is 101 Å². The van der Waals surface area contributed by atoms with E-state index in [2.05, 4.69) is 5.32 Å². The van der Waals surface area contributed by atoms with Crippen molar-refractivity contribution in [2.45, 2.75) is 39.3 Å². The second-order valence-electron chi connectivity index (χ2n) is 8.34. The number of rotatable bonds is 8. The Morgan fingerprint density at radius 2 is 1.41 bits per heavy atom. The predicted molar refractivity (Wildman–Crippen MR) is 132 cm³/mol. The number of hydrogen-bond acceptors (Lipinski definition) is 3. The summed E-state index contributed by atoms with van der Waals surface area (Å²) in [6.45, 7) is 4.02. The highest BCUT2D eigenvalue weighted by Crippen LogP contribution is 2.32. The van der Waals surface area contributed by atoms with Gasteiger partial charge in [0.15, 0.2) is 0 Å². The lowest BCUT2D eigenvalue weighted by Gasteiger charge is -2.22. The minimum atomic E-state index is -0.768. The second kappa shape index (κ2) is 10.3. The highest BCUT2D eigenvalue weighted by atomic mass is 16.2. The van der Waals surface area contributed by atoms with Crippen molar-refractivity contribution in [1.29, 1.82) is 0 Å². The molecule has 1 unspecified atom stereocenters. The molecule has 1 N–H and O–H groups in total. The fourth-order valence-electron chi connectivity index (χ4n) is 4.41. The lowest BCUT2D eigenvalue weighted by molar-refractivity contribution is -0.131. The Balaban J connectivity index is 1.59. The van der Waals surface area contributed by atoms with Gasteiger partial charge < -0.3 is 10.2 Å². The van der Waals surface area contributed by atoms with Gasteiger partial charge in [-0.2, -0.15) is 0 Å². The minimum absolute atomic E-state index is 0.280. The van der Waals surface area contributed by atoms with E-state index in [0.717, 1.165) is 45.7 Å². The first-order valence-corrected chi connectivity index (χ1v) is 11.6. The highest BCUT2D eigenvalue weighted by Gasteiger charge is 2.46. The third kappa shape index (κ3) is 4.71. The van der Waals surface area contributed by atoms with Crippen LogP contribution >= 0.6 is 0 Å². The number of hydrogen-bond donors (Lipinski definition) is 1. The number of carbonyl (C=O) groups excluding carboxylic acids is 3. The van der Waals surface area contributed by atoms with Gasteiger partial charge in [-0.3, -0.25) is 14.5 Å². The van der Waals surface area contributed by atoms with E-state index in [-0.39, 0.29) is 24.9 Å². The fraction of sp³-hybridized carbons (Fsp3) is 0.250. The molecule has 1 saturated heterocycles. The Bertz CT molecular complexity index is 1160. The van der Waals surface area contributed by atoms with E-state index < -0.39 is 12.1 Å². The average molecular weight is 456 g/mol. The summed E-state index contributed by atoms with van der Waals surface area (Å²) in [5, 5.41) is 2.96. The maximum absolute atomic E-state index is 13.4. The zero-order valence-electron chi connectivity index (χ0n) is 19.5. The predicted octanol–water partition coefficient (Wildman–Crippen LogP) is 4.96. The van der Waals surface area contributed by atoms with E-state index in [4.69, 9.17) is 0 Å². The van der Waals surface area contributed by atoms with Gasteiger partial charge in [0.1, 0.15) is 12.6 Å². The molecule has 34 heavy (non-hydrogen) atoms. The number of nitrogens with zero attached hydrogens (tertiary/aromatic N) is 2. The monoisotopic (exact) mass is 455 g/mol. The first-order chi connectivity index (χ1) is 16.5. The number of carbonyl (C=O) groups is 3. The molecule has 174 valence electrons. The number of amides is 4. The van der Waals surface area contributed by atoms with Crippen LogP contribution in [0.15, 0.2) is 78.9 Å². The van der Waals surface area contributed by atoms with E-state index in [9.17, 15) is 14.4 Å². The molecule has 0 saturated carbocycles. The average Bonchev–Trinajstić information content (AvgIpc) is 3.09. The molecule has 1 aliphatic rings. The molecule has 1 atom stereocenters. The number of urea groups is 1. The van der Waals surface area contributed by atoms with Crippen LogP contribution in [0.3, 0.4) is 0 Å². The van der Waals surface area contributed by atoms with Crippen LogP contribution in [0.25, 0.3) is 0 Å². The van der Waals surface area contributed by atoms with Crippen LogP contribution < -0.4 is 5.32 Å². The summed E-state index contributed by atoms with van der Waals surface area (Å²) < 4.78 is 0. The molecule has 0 bridgehead atoms. The van der Waals surface area contributed by atoms with Gasteiger partial charge in [0, 0.05) is 12.2 Å². The molecule has 0 aliphatic carbocycles. The summed E-state index contributed by atoms with van der Waals surface area (Å²) in [5.41, 5.74) is 4.47. The van der Waals surface area contributed by atoms with Crippen molar-refractivity contribution < 1.29 is 14.4 Å². The molecule has 1 aliphatic heterocycles. The fourth-order valence-corrected chi connectivity index (χ4v) is 4.41. The van der Waals surface area contributed by atoms with Crippen LogP contribution in [0.2, 0.25) is 0 Å². The molecular weight excluding hydrogens is 426 g/mol. The van der Waals surface area contributed by atoms with Crippen LogP contribution in [0.1, 0.15) is 42.1 Å². The molecule has 0 spiro atoms. The lowest BCUT2D eigenvalue weighted by atomic mass is 10.0. The zero-order valence-corrected chi connectivity index (χ0v) is 19.5. The van der Waals surface area contributed by atoms with Crippen molar-refractivity contribution in [1.82, 2.24) is 9.80 Å². The number of anilines is 1. The van der Waals surface area contributed by atoms with Gasteiger partial charge >= 0.3 is 6.03 Å². The molecule has 6 heteroatoms. The van der Waals surface area contributed by atoms with E-state index >= 15 is 0 Å². The summed E-state index contributed by atoms with van der Waals surface area (Å²) in [4.78, 5) is 42.5. The molecule has 0 aromatic heterocycles. The molecule has 1 heterocycles. The maximum atomic E-state index is 13.4. The Hall–Kier alpha value is -3.93. The van der Waals surface area contributed by atoms with Gasteiger partial charge in [0.25, 0.3) is 5.91 Å². The number of para-hydroxylation sites is 1. The van der Waals surface area contributed by atoms with Crippen LogP contribution in [0, 0.1) is 0 Å². The molecule has 4 amide bonds. The van der Waals surface area contributed by atoms with Crippen LogP contribution in [0.4, 0.5) is 10.5 Å². The Morgan fingerprint density at radius 3 is 2.00 bits per heavy atom. The van der Waals surface area contributed by atoms with Gasteiger partial charge in [-0.05, 0) is 35.1 Å². The molecule has 3 aromatic carbocycles. The molecular formula is C28H29N3O3. The highest BCUT2D eigenvalue weighted by molar-refractivity contribution is 6.08. The summed E-state index contributed by atoms with van der Waals surface area (Å²) >= 11 is 0. The topological polar surface area (TPSA) is 69.7 Å². The molecule has 4 rings (SSSR count). The Kier molecular flexibility index (Phi) is 7.07. The molecule has 3 aromatic rings. The first kappa shape index (κ1) is 23.2. The van der Waals surface area contributed by atoms with E-state index in [1.54, 1.807) is 0 Å². The maximum Gasteiger partial charge on any atom is 0.328 e. The lowest BCUT2D eigenvalue weighted by Crippen LogP contribution is -2.39. The van der Waals surface area contributed by atoms with Crippen molar-refractivity contribution in [2.75, 3.05) is 11.9 Å². The largest absolute Gasteiger partial charge is 0.328 e. The van der Waals surface area contributed by atoms with E-state index in [1.807, 2.05) is 92.7 Å².